The molecule has 0 spiro atoms. The van der Waals surface area contributed by atoms with Crippen molar-refractivity contribution >= 4 is 27.5 Å². The largest absolute Gasteiger partial charge is 0.322 e. The molecule has 0 aliphatic carbocycles. The zero-order chi connectivity index (χ0) is 12.3. The lowest BCUT2D eigenvalue weighted by atomic mass is 10.2. The van der Waals surface area contributed by atoms with Gasteiger partial charge in [0, 0.05) is 18.1 Å². The summed E-state index contributed by atoms with van der Waals surface area (Å²) in [5, 5.41) is 2.55. The molecule has 0 atom stereocenters. The van der Waals surface area contributed by atoms with Crippen LogP contribution in [0.15, 0.2) is 41.4 Å². The summed E-state index contributed by atoms with van der Waals surface area (Å²) in [6, 6.07) is 4.34. The van der Waals surface area contributed by atoms with Gasteiger partial charge in [-0.1, -0.05) is 0 Å². The lowest BCUT2D eigenvalue weighted by molar-refractivity contribution is 0.102. The minimum absolute atomic E-state index is 0.316. The number of benzene rings is 1. The Kier molecular flexibility index (Phi) is 3.43. The van der Waals surface area contributed by atoms with Crippen LogP contribution in [-0.2, 0) is 0 Å². The highest BCUT2D eigenvalue weighted by Crippen LogP contribution is 2.19. The number of anilines is 1. The number of carbonyl (C=O) groups excluding carboxylic acids is 1. The van der Waals surface area contributed by atoms with Gasteiger partial charge >= 0.3 is 0 Å². The summed E-state index contributed by atoms with van der Waals surface area (Å²) < 4.78 is 13.6. The number of rotatable bonds is 2. The lowest BCUT2D eigenvalue weighted by Crippen LogP contribution is -2.12. The maximum absolute atomic E-state index is 13.2. The molecule has 0 aliphatic rings. The molecule has 0 fully saturated rings. The maximum atomic E-state index is 13.2. The fourth-order valence-electron chi connectivity index (χ4n) is 1.19. The number of carbonyl (C=O) groups is 1. The maximum Gasteiger partial charge on any atom is 0.258 e. The first-order valence-electron chi connectivity index (χ1n) is 4.68. The van der Waals surface area contributed by atoms with Crippen molar-refractivity contribution in [2.45, 2.75) is 0 Å². The Labute approximate surface area is 105 Å². The van der Waals surface area contributed by atoms with Crippen LogP contribution in [0.3, 0.4) is 0 Å². The monoisotopic (exact) mass is 295 g/mol. The van der Waals surface area contributed by atoms with Crippen LogP contribution in [0, 0.1) is 5.82 Å². The normalized spacial score (nSPS) is 10.0. The van der Waals surface area contributed by atoms with Gasteiger partial charge in [0.25, 0.3) is 5.91 Å². The molecule has 1 amide bonds. The van der Waals surface area contributed by atoms with Crippen molar-refractivity contribution in [2.24, 2.45) is 0 Å². The Morgan fingerprint density at radius 1 is 1.29 bits per heavy atom. The molecule has 1 heterocycles. The third-order valence-corrected chi connectivity index (χ3v) is 2.64. The minimum atomic E-state index is -0.438. The van der Waals surface area contributed by atoms with Crippen LogP contribution >= 0.6 is 15.9 Å². The molecule has 86 valence electrons. The van der Waals surface area contributed by atoms with Gasteiger partial charge in [0.15, 0.2) is 0 Å². The molecule has 0 aliphatic heterocycles. The van der Waals surface area contributed by atoms with E-state index in [-0.39, 0.29) is 5.91 Å². The van der Waals surface area contributed by atoms with E-state index in [1.807, 2.05) is 0 Å². The average Bonchev–Trinajstić information content (AvgIpc) is 2.35. The van der Waals surface area contributed by atoms with Crippen molar-refractivity contribution in [3.05, 3.63) is 52.8 Å². The predicted molar refractivity (Wildman–Crippen MR) is 64.1 cm³/mol. The molecule has 17 heavy (non-hydrogen) atoms. The Hall–Kier alpha value is -1.82. The highest BCUT2D eigenvalue weighted by molar-refractivity contribution is 9.10. The fraction of sp³-hybridized carbons (Fsp3) is 0. The number of amides is 1. The van der Waals surface area contributed by atoms with Gasteiger partial charge in [-0.05, 0) is 34.1 Å². The zero-order valence-electron chi connectivity index (χ0n) is 8.52. The van der Waals surface area contributed by atoms with E-state index in [0.717, 1.165) is 0 Å². The highest BCUT2D eigenvalue weighted by Gasteiger charge is 2.07. The third-order valence-electron chi connectivity index (χ3n) is 2.00. The van der Waals surface area contributed by atoms with Gasteiger partial charge < -0.3 is 5.32 Å². The van der Waals surface area contributed by atoms with Crippen LogP contribution in [-0.4, -0.2) is 15.9 Å². The van der Waals surface area contributed by atoms with E-state index in [1.54, 1.807) is 6.07 Å². The van der Waals surface area contributed by atoms with Gasteiger partial charge in [0.05, 0.1) is 10.0 Å². The predicted octanol–water partition coefficient (Wildman–Crippen LogP) is 2.63. The van der Waals surface area contributed by atoms with Gasteiger partial charge in [0.1, 0.15) is 12.1 Å². The second kappa shape index (κ2) is 5.01. The van der Waals surface area contributed by atoms with E-state index in [2.05, 4.69) is 31.2 Å². The molecule has 0 bridgehead atoms. The minimum Gasteiger partial charge on any atom is -0.322 e. The first-order chi connectivity index (χ1) is 8.16. The van der Waals surface area contributed by atoms with E-state index in [9.17, 15) is 9.18 Å². The molecule has 1 aromatic heterocycles. The van der Waals surface area contributed by atoms with Crippen LogP contribution in [0.2, 0.25) is 0 Å². The number of halogens is 2. The first-order valence-corrected chi connectivity index (χ1v) is 5.47. The summed E-state index contributed by atoms with van der Waals surface area (Å²) in [7, 11) is 0. The van der Waals surface area contributed by atoms with Gasteiger partial charge in [0.2, 0.25) is 0 Å². The summed E-state index contributed by atoms with van der Waals surface area (Å²) in [5.41, 5.74) is 0.690. The van der Waals surface area contributed by atoms with Crippen LogP contribution in [0.5, 0.6) is 0 Å². The summed E-state index contributed by atoms with van der Waals surface area (Å²) in [5.74, 6) is -0.820. The first kappa shape index (κ1) is 11.7. The van der Waals surface area contributed by atoms with E-state index in [1.165, 1.54) is 30.9 Å². The van der Waals surface area contributed by atoms with Crippen LogP contribution in [0.4, 0.5) is 10.1 Å². The second-order valence-corrected chi connectivity index (χ2v) is 4.06. The fourth-order valence-corrected chi connectivity index (χ4v) is 1.44. The molecule has 6 heteroatoms. The zero-order valence-corrected chi connectivity index (χ0v) is 10.1. The number of aromatic nitrogens is 2. The summed E-state index contributed by atoms with van der Waals surface area (Å²) >= 11 is 3.03. The van der Waals surface area contributed by atoms with Crippen molar-refractivity contribution < 1.29 is 9.18 Å². The lowest BCUT2D eigenvalue weighted by Gasteiger charge is -2.05. The van der Waals surface area contributed by atoms with E-state index < -0.39 is 5.82 Å². The number of nitrogens with zero attached hydrogens (tertiary/aromatic N) is 2. The number of hydrogen-bond acceptors (Lipinski definition) is 3. The molecular formula is C11H7BrFN3O. The Bertz CT molecular complexity index is 548. The second-order valence-electron chi connectivity index (χ2n) is 3.21. The SMILES string of the molecule is O=C(Nc1ccc(Br)c(F)c1)c1cncnc1. The van der Waals surface area contributed by atoms with E-state index in [4.69, 9.17) is 0 Å². The number of nitrogens with one attached hydrogen (secondary N) is 1. The topological polar surface area (TPSA) is 54.9 Å². The summed E-state index contributed by atoms with van der Waals surface area (Å²) in [6.45, 7) is 0. The van der Waals surface area contributed by atoms with E-state index in [0.29, 0.717) is 15.7 Å². The van der Waals surface area contributed by atoms with Crippen molar-refractivity contribution in [1.29, 1.82) is 0 Å². The molecule has 4 nitrogen and oxygen atoms in total. The van der Waals surface area contributed by atoms with Crippen molar-refractivity contribution in [3.8, 4) is 0 Å². The molecule has 0 radical (unpaired) electrons. The standard InChI is InChI=1S/C11H7BrFN3O/c12-9-2-1-8(3-10(9)13)16-11(17)7-4-14-6-15-5-7/h1-6H,(H,16,17). The highest BCUT2D eigenvalue weighted by atomic mass is 79.9. The molecule has 1 aromatic carbocycles. The van der Waals surface area contributed by atoms with Gasteiger partial charge in [-0.3, -0.25) is 4.79 Å². The molecular weight excluding hydrogens is 289 g/mol. The Morgan fingerprint density at radius 3 is 2.65 bits per heavy atom. The van der Waals surface area contributed by atoms with Gasteiger partial charge in [-0.2, -0.15) is 0 Å². The molecule has 0 saturated heterocycles. The molecule has 2 rings (SSSR count). The summed E-state index contributed by atoms with van der Waals surface area (Å²) in [6.07, 6.45) is 4.10. The molecule has 0 saturated carbocycles. The van der Waals surface area contributed by atoms with Crippen molar-refractivity contribution in [1.82, 2.24) is 9.97 Å². The average molecular weight is 296 g/mol. The van der Waals surface area contributed by atoms with Crippen LogP contribution in [0.1, 0.15) is 10.4 Å². The van der Waals surface area contributed by atoms with Crippen molar-refractivity contribution in [2.75, 3.05) is 5.32 Å². The summed E-state index contributed by atoms with van der Waals surface area (Å²) in [4.78, 5) is 19.1. The Morgan fingerprint density at radius 2 is 2.00 bits per heavy atom. The quantitative estimate of drug-likeness (QED) is 0.927. The third kappa shape index (κ3) is 2.85. The molecule has 2 aromatic rings. The van der Waals surface area contributed by atoms with Crippen LogP contribution in [0.25, 0.3) is 0 Å². The smallest absolute Gasteiger partial charge is 0.258 e. The number of hydrogen-bond donors (Lipinski definition) is 1. The van der Waals surface area contributed by atoms with Crippen LogP contribution < -0.4 is 5.32 Å². The molecule has 0 unspecified atom stereocenters. The van der Waals surface area contributed by atoms with Crippen molar-refractivity contribution in [3.63, 3.8) is 0 Å². The molecule has 1 N–H and O–H groups in total. The van der Waals surface area contributed by atoms with E-state index >= 15 is 0 Å². The van der Waals surface area contributed by atoms with Gasteiger partial charge in [-0.25, -0.2) is 14.4 Å². The Balaban J connectivity index is 2.16. The van der Waals surface area contributed by atoms with Gasteiger partial charge in [-0.15, -0.1) is 0 Å².